The van der Waals surface area contributed by atoms with Crippen LogP contribution < -0.4 is 0 Å². The van der Waals surface area contributed by atoms with E-state index >= 15 is 0 Å². The van der Waals surface area contributed by atoms with E-state index in [-0.39, 0.29) is 17.9 Å². The molecular weight excluding hydrogens is 364 g/mol. The number of aromatic amines is 1. The molecular formula is C23H26N4O2. The summed E-state index contributed by atoms with van der Waals surface area (Å²) in [6.07, 6.45) is 1.54. The quantitative estimate of drug-likeness (QED) is 0.703. The highest BCUT2D eigenvalue weighted by molar-refractivity contribution is 5.89. The molecule has 2 amide bonds. The van der Waals surface area contributed by atoms with E-state index in [1.807, 2.05) is 60.4 Å². The molecule has 0 spiro atoms. The van der Waals surface area contributed by atoms with Crippen LogP contribution >= 0.6 is 0 Å². The van der Waals surface area contributed by atoms with Gasteiger partial charge in [-0.2, -0.15) is 0 Å². The minimum atomic E-state index is -0.371. The monoisotopic (exact) mass is 390 g/mol. The molecule has 6 heteroatoms. The first kappa shape index (κ1) is 19.2. The van der Waals surface area contributed by atoms with E-state index in [4.69, 9.17) is 0 Å². The van der Waals surface area contributed by atoms with Gasteiger partial charge in [0.05, 0.1) is 11.0 Å². The second-order valence-corrected chi connectivity index (χ2v) is 7.71. The van der Waals surface area contributed by atoms with Crippen LogP contribution in [0.25, 0.3) is 11.0 Å². The van der Waals surface area contributed by atoms with Crippen molar-refractivity contribution in [2.24, 2.45) is 0 Å². The summed E-state index contributed by atoms with van der Waals surface area (Å²) in [5, 5.41) is 0. The lowest BCUT2D eigenvalue weighted by Crippen LogP contribution is -2.42. The smallest absolute Gasteiger partial charge is 0.245 e. The highest BCUT2D eigenvalue weighted by Crippen LogP contribution is 2.20. The van der Waals surface area contributed by atoms with Gasteiger partial charge < -0.3 is 14.8 Å². The first-order chi connectivity index (χ1) is 14.0. The molecule has 6 nitrogen and oxygen atoms in total. The van der Waals surface area contributed by atoms with Gasteiger partial charge in [0.15, 0.2) is 0 Å². The van der Waals surface area contributed by atoms with Crippen LogP contribution in [0.5, 0.6) is 0 Å². The van der Waals surface area contributed by atoms with Crippen molar-refractivity contribution in [1.29, 1.82) is 0 Å². The summed E-state index contributed by atoms with van der Waals surface area (Å²) >= 11 is 0. The Morgan fingerprint density at radius 3 is 2.76 bits per heavy atom. The Kier molecular flexibility index (Phi) is 5.34. The van der Waals surface area contributed by atoms with Crippen molar-refractivity contribution >= 4 is 22.8 Å². The van der Waals surface area contributed by atoms with Gasteiger partial charge in [-0.1, -0.05) is 42.5 Å². The van der Waals surface area contributed by atoms with Crippen LogP contribution in [0, 0.1) is 6.92 Å². The molecule has 0 saturated carbocycles. The summed E-state index contributed by atoms with van der Waals surface area (Å²) in [7, 11) is 1.74. The number of aryl methyl sites for hydroxylation is 2. The number of nitrogens with one attached hydrogen (secondary N) is 1. The second-order valence-electron chi connectivity index (χ2n) is 7.71. The van der Waals surface area contributed by atoms with E-state index in [9.17, 15) is 9.59 Å². The van der Waals surface area contributed by atoms with Crippen LogP contribution in [0.2, 0.25) is 0 Å². The lowest BCUT2D eigenvalue weighted by Gasteiger charge is -2.24. The predicted octanol–water partition coefficient (Wildman–Crippen LogP) is 3.06. The zero-order valence-electron chi connectivity index (χ0n) is 16.9. The van der Waals surface area contributed by atoms with Gasteiger partial charge in [-0.15, -0.1) is 0 Å². The van der Waals surface area contributed by atoms with Crippen LogP contribution in [-0.2, 0) is 22.6 Å². The van der Waals surface area contributed by atoms with E-state index in [0.29, 0.717) is 32.4 Å². The summed E-state index contributed by atoms with van der Waals surface area (Å²) in [6.45, 7) is 3.30. The van der Waals surface area contributed by atoms with Crippen LogP contribution in [0.3, 0.4) is 0 Å². The number of carbonyl (C=O) groups excluding carboxylic acids is 2. The van der Waals surface area contributed by atoms with Gasteiger partial charge in [0.25, 0.3) is 0 Å². The topological polar surface area (TPSA) is 69.3 Å². The number of carbonyl (C=O) groups is 2. The number of nitrogens with zero attached hydrogens (tertiary/aromatic N) is 3. The van der Waals surface area contributed by atoms with Gasteiger partial charge in [-0.25, -0.2) is 4.98 Å². The van der Waals surface area contributed by atoms with Crippen LogP contribution in [-0.4, -0.2) is 51.2 Å². The maximum Gasteiger partial charge on any atom is 0.245 e. The average molecular weight is 390 g/mol. The van der Waals surface area contributed by atoms with E-state index in [0.717, 1.165) is 28.0 Å². The number of rotatable bonds is 6. The molecule has 0 aliphatic carbocycles. The highest BCUT2D eigenvalue weighted by Gasteiger charge is 2.36. The fourth-order valence-corrected chi connectivity index (χ4v) is 3.96. The van der Waals surface area contributed by atoms with Crippen molar-refractivity contribution in [3.05, 3.63) is 65.5 Å². The number of amides is 2. The fraction of sp³-hybridized carbons (Fsp3) is 0.348. The molecule has 4 rings (SSSR count). The SMILES string of the molecule is Cc1cccc2[nH]c(CCC(=O)N(C)C3CCN(Cc4ccccc4)C3=O)nc12. The van der Waals surface area contributed by atoms with Crippen molar-refractivity contribution in [3.8, 4) is 0 Å². The predicted molar refractivity (Wildman–Crippen MR) is 112 cm³/mol. The maximum absolute atomic E-state index is 12.8. The number of aromatic nitrogens is 2. The van der Waals surface area contributed by atoms with Gasteiger partial charge in [-0.05, 0) is 30.5 Å². The maximum atomic E-state index is 12.8. The standard InChI is InChI=1S/C23H26N4O2/c1-16-7-6-10-18-22(16)25-20(24-18)11-12-21(28)26(2)19-13-14-27(23(19)29)15-17-8-4-3-5-9-17/h3-10,19H,11-15H2,1-2H3,(H,24,25). The zero-order valence-corrected chi connectivity index (χ0v) is 16.9. The van der Waals surface area contributed by atoms with E-state index in [1.54, 1.807) is 11.9 Å². The van der Waals surface area contributed by atoms with Crippen molar-refractivity contribution in [3.63, 3.8) is 0 Å². The Balaban J connectivity index is 1.35. The number of H-pyrrole nitrogens is 1. The summed E-state index contributed by atoms with van der Waals surface area (Å²) in [5.41, 5.74) is 4.16. The molecule has 29 heavy (non-hydrogen) atoms. The number of benzene rings is 2. The number of fused-ring (bicyclic) bond motifs is 1. The number of hydrogen-bond acceptors (Lipinski definition) is 3. The van der Waals surface area contributed by atoms with Crippen LogP contribution in [0.15, 0.2) is 48.5 Å². The Morgan fingerprint density at radius 2 is 2.00 bits per heavy atom. The molecule has 1 fully saturated rings. The lowest BCUT2D eigenvalue weighted by molar-refractivity contribution is -0.140. The van der Waals surface area contributed by atoms with Crippen LogP contribution in [0.1, 0.15) is 29.8 Å². The van der Waals surface area contributed by atoms with Gasteiger partial charge in [0.2, 0.25) is 11.8 Å². The third-order valence-corrected chi connectivity index (χ3v) is 5.69. The highest BCUT2D eigenvalue weighted by atomic mass is 16.2. The number of para-hydroxylation sites is 1. The molecule has 1 aliphatic heterocycles. The lowest BCUT2D eigenvalue weighted by atomic mass is 10.2. The van der Waals surface area contributed by atoms with E-state index < -0.39 is 0 Å². The number of likely N-dealkylation sites (tertiary alicyclic amines) is 1. The molecule has 2 heterocycles. The van der Waals surface area contributed by atoms with Crippen molar-refractivity contribution < 1.29 is 9.59 Å². The molecule has 1 atom stereocenters. The molecule has 3 aromatic rings. The summed E-state index contributed by atoms with van der Waals surface area (Å²) in [4.78, 5) is 36.9. The first-order valence-corrected chi connectivity index (χ1v) is 10.1. The molecule has 2 aromatic carbocycles. The molecule has 0 bridgehead atoms. The van der Waals surface area contributed by atoms with E-state index in [2.05, 4.69) is 9.97 Å². The Morgan fingerprint density at radius 1 is 1.21 bits per heavy atom. The minimum absolute atomic E-state index is 0.0258. The van der Waals surface area contributed by atoms with Crippen molar-refractivity contribution in [2.45, 2.75) is 38.8 Å². The van der Waals surface area contributed by atoms with Crippen LogP contribution in [0.4, 0.5) is 0 Å². The second kappa shape index (κ2) is 8.07. The Labute approximate surface area is 170 Å². The van der Waals surface area contributed by atoms with Gasteiger partial charge in [0, 0.05) is 33.0 Å². The van der Waals surface area contributed by atoms with Crippen molar-refractivity contribution in [1.82, 2.24) is 19.8 Å². The van der Waals surface area contributed by atoms with E-state index in [1.165, 1.54) is 0 Å². The zero-order chi connectivity index (χ0) is 20.4. The molecule has 0 radical (unpaired) electrons. The molecule has 1 unspecified atom stereocenters. The average Bonchev–Trinajstić information content (AvgIpc) is 3.31. The van der Waals surface area contributed by atoms with Gasteiger partial charge in [0.1, 0.15) is 11.9 Å². The minimum Gasteiger partial charge on any atom is -0.342 e. The summed E-state index contributed by atoms with van der Waals surface area (Å²) in [5.74, 6) is 0.811. The first-order valence-electron chi connectivity index (χ1n) is 10.1. The van der Waals surface area contributed by atoms with Gasteiger partial charge >= 0.3 is 0 Å². The molecule has 1 saturated heterocycles. The number of likely N-dealkylation sites (N-methyl/N-ethyl adjacent to an activating group) is 1. The summed E-state index contributed by atoms with van der Waals surface area (Å²) in [6, 6.07) is 15.6. The molecule has 1 aliphatic rings. The molecule has 150 valence electrons. The van der Waals surface area contributed by atoms with Gasteiger partial charge in [-0.3, -0.25) is 9.59 Å². The third kappa shape index (κ3) is 4.01. The third-order valence-electron chi connectivity index (χ3n) is 5.69. The normalized spacial score (nSPS) is 16.6. The molecule has 1 aromatic heterocycles. The summed E-state index contributed by atoms with van der Waals surface area (Å²) < 4.78 is 0. The largest absolute Gasteiger partial charge is 0.342 e. The number of hydrogen-bond donors (Lipinski definition) is 1. The fourth-order valence-electron chi connectivity index (χ4n) is 3.96. The Hall–Kier alpha value is -3.15. The molecule has 1 N–H and O–H groups in total. The van der Waals surface area contributed by atoms with Crippen molar-refractivity contribution in [2.75, 3.05) is 13.6 Å². The number of imidazole rings is 1. The Bertz CT molecular complexity index is 1030.